The molecule has 0 radical (unpaired) electrons. The number of hydrogen-bond donors (Lipinski definition) is 0. The van der Waals surface area contributed by atoms with Crippen molar-refractivity contribution in [1.82, 2.24) is 4.57 Å². The second kappa shape index (κ2) is 4.00. The molecule has 0 spiro atoms. The highest BCUT2D eigenvalue weighted by molar-refractivity contribution is 5.78. The maximum atomic E-state index is 11.4. The van der Waals surface area contributed by atoms with E-state index in [0.717, 1.165) is 11.3 Å². The molecule has 15 heavy (non-hydrogen) atoms. The number of carbonyl (C=O) groups is 1. The van der Waals surface area contributed by atoms with E-state index in [1.807, 2.05) is 42.5 Å². The van der Waals surface area contributed by atoms with Crippen LogP contribution in [0.5, 0.6) is 0 Å². The summed E-state index contributed by atoms with van der Waals surface area (Å²) >= 11 is 0. The van der Waals surface area contributed by atoms with Crippen molar-refractivity contribution < 1.29 is 9.53 Å². The first-order valence-electron chi connectivity index (χ1n) is 4.64. The van der Waals surface area contributed by atoms with Crippen molar-refractivity contribution in [2.45, 2.75) is 0 Å². The molecule has 0 aliphatic rings. The Labute approximate surface area is 87.9 Å². The van der Waals surface area contributed by atoms with E-state index in [4.69, 9.17) is 0 Å². The van der Waals surface area contributed by atoms with Gasteiger partial charge in [0.1, 0.15) is 0 Å². The Morgan fingerprint density at radius 2 is 1.87 bits per heavy atom. The Balaban J connectivity index is 2.46. The van der Waals surface area contributed by atoms with Gasteiger partial charge in [0, 0.05) is 6.20 Å². The number of rotatable bonds is 1. The summed E-state index contributed by atoms with van der Waals surface area (Å²) in [5.74, 6) is 0. The second-order valence-electron chi connectivity index (χ2n) is 3.10. The summed E-state index contributed by atoms with van der Waals surface area (Å²) in [4.78, 5) is 11.4. The first-order chi connectivity index (χ1) is 7.33. The molecule has 2 aromatic rings. The summed E-state index contributed by atoms with van der Waals surface area (Å²) < 4.78 is 6.16. The largest absolute Gasteiger partial charge is 0.452 e. The van der Waals surface area contributed by atoms with Gasteiger partial charge >= 0.3 is 6.09 Å². The number of hydrogen-bond acceptors (Lipinski definition) is 2. The van der Waals surface area contributed by atoms with E-state index in [1.165, 1.54) is 11.7 Å². The standard InChI is InChI=1S/C12H11NO2/c1-15-12(14)13-9-5-8-11(13)10-6-3-2-4-7-10/h2-9H,1H3. The van der Waals surface area contributed by atoms with Crippen molar-refractivity contribution in [1.29, 1.82) is 0 Å². The van der Waals surface area contributed by atoms with E-state index < -0.39 is 0 Å². The van der Waals surface area contributed by atoms with Gasteiger partial charge in [0.2, 0.25) is 0 Å². The lowest BCUT2D eigenvalue weighted by Crippen LogP contribution is -2.11. The molecule has 0 aliphatic heterocycles. The number of aromatic nitrogens is 1. The molecule has 1 aromatic carbocycles. The Kier molecular flexibility index (Phi) is 2.54. The van der Waals surface area contributed by atoms with E-state index in [2.05, 4.69) is 4.74 Å². The number of benzene rings is 1. The predicted octanol–water partition coefficient (Wildman–Crippen LogP) is 2.77. The minimum absolute atomic E-state index is 0.376. The lowest BCUT2D eigenvalue weighted by atomic mass is 10.1. The molecule has 0 unspecified atom stereocenters. The molecule has 0 aliphatic carbocycles. The minimum atomic E-state index is -0.376. The van der Waals surface area contributed by atoms with Crippen molar-refractivity contribution in [2.24, 2.45) is 0 Å². The van der Waals surface area contributed by atoms with Gasteiger partial charge < -0.3 is 4.74 Å². The zero-order chi connectivity index (χ0) is 10.7. The molecule has 3 nitrogen and oxygen atoms in total. The van der Waals surface area contributed by atoms with Gasteiger partial charge in [-0.15, -0.1) is 0 Å². The van der Waals surface area contributed by atoms with Crippen molar-refractivity contribution in [3.8, 4) is 11.3 Å². The van der Waals surface area contributed by atoms with E-state index in [-0.39, 0.29) is 6.09 Å². The molecule has 2 rings (SSSR count). The second-order valence-corrected chi connectivity index (χ2v) is 3.10. The topological polar surface area (TPSA) is 31.2 Å². The molecule has 1 heterocycles. The van der Waals surface area contributed by atoms with Crippen LogP contribution < -0.4 is 0 Å². The average molecular weight is 201 g/mol. The highest BCUT2D eigenvalue weighted by Crippen LogP contribution is 2.19. The summed E-state index contributed by atoms with van der Waals surface area (Å²) in [5, 5.41) is 0. The van der Waals surface area contributed by atoms with Gasteiger partial charge in [-0.3, -0.25) is 4.57 Å². The summed E-state index contributed by atoms with van der Waals surface area (Å²) in [6, 6.07) is 13.4. The highest BCUT2D eigenvalue weighted by Gasteiger charge is 2.09. The maximum absolute atomic E-state index is 11.4. The number of carbonyl (C=O) groups excluding carboxylic acids is 1. The molecule has 0 atom stereocenters. The third-order valence-electron chi connectivity index (χ3n) is 2.19. The fraction of sp³-hybridized carbons (Fsp3) is 0.0833. The third kappa shape index (κ3) is 1.76. The highest BCUT2D eigenvalue weighted by atomic mass is 16.5. The normalized spacial score (nSPS) is 9.93. The first-order valence-corrected chi connectivity index (χ1v) is 4.64. The summed E-state index contributed by atoms with van der Waals surface area (Å²) in [7, 11) is 1.37. The fourth-order valence-electron chi connectivity index (χ4n) is 1.48. The lowest BCUT2D eigenvalue weighted by molar-refractivity contribution is 0.173. The Morgan fingerprint density at radius 3 is 2.53 bits per heavy atom. The van der Waals surface area contributed by atoms with Crippen molar-refractivity contribution in [3.63, 3.8) is 0 Å². The van der Waals surface area contributed by atoms with Crippen LogP contribution in [-0.2, 0) is 4.74 Å². The molecule has 3 heteroatoms. The van der Waals surface area contributed by atoms with Gasteiger partial charge in [-0.1, -0.05) is 30.3 Å². The molecule has 0 bridgehead atoms. The first kappa shape index (κ1) is 9.52. The maximum Gasteiger partial charge on any atom is 0.418 e. The lowest BCUT2D eigenvalue weighted by Gasteiger charge is -2.05. The van der Waals surface area contributed by atoms with Crippen LogP contribution in [0.2, 0.25) is 0 Å². The van der Waals surface area contributed by atoms with E-state index in [1.54, 1.807) is 6.20 Å². The van der Waals surface area contributed by atoms with Gasteiger partial charge in [-0.2, -0.15) is 0 Å². The quantitative estimate of drug-likeness (QED) is 0.710. The van der Waals surface area contributed by atoms with Crippen molar-refractivity contribution in [3.05, 3.63) is 48.7 Å². The van der Waals surface area contributed by atoms with Crippen molar-refractivity contribution in [2.75, 3.05) is 7.11 Å². The van der Waals surface area contributed by atoms with Gasteiger partial charge in [-0.25, -0.2) is 4.79 Å². The minimum Gasteiger partial charge on any atom is -0.452 e. The molecule has 0 saturated carbocycles. The average Bonchev–Trinajstić information content (AvgIpc) is 2.78. The molecule has 0 N–H and O–H groups in total. The monoisotopic (exact) mass is 201 g/mol. The molecule has 0 fully saturated rings. The smallest absolute Gasteiger partial charge is 0.418 e. The molecule has 1 aromatic heterocycles. The van der Waals surface area contributed by atoms with E-state index in [9.17, 15) is 4.79 Å². The summed E-state index contributed by atoms with van der Waals surface area (Å²) in [6.07, 6.45) is 1.31. The fourth-order valence-corrected chi connectivity index (χ4v) is 1.48. The van der Waals surface area contributed by atoms with E-state index in [0.29, 0.717) is 0 Å². The molecule has 0 amide bonds. The molecular formula is C12H11NO2. The molecular weight excluding hydrogens is 190 g/mol. The number of methoxy groups -OCH3 is 1. The predicted molar refractivity (Wildman–Crippen MR) is 57.7 cm³/mol. The van der Waals surface area contributed by atoms with Crippen LogP contribution in [-0.4, -0.2) is 17.8 Å². The third-order valence-corrected chi connectivity index (χ3v) is 2.19. The molecule has 0 saturated heterocycles. The Bertz CT molecular complexity index is 459. The Hall–Kier alpha value is -2.03. The number of nitrogens with zero attached hydrogens (tertiary/aromatic N) is 1. The van der Waals surface area contributed by atoms with Crippen LogP contribution in [0.15, 0.2) is 48.7 Å². The van der Waals surface area contributed by atoms with Crippen LogP contribution in [0.3, 0.4) is 0 Å². The van der Waals surface area contributed by atoms with Gasteiger partial charge in [0.15, 0.2) is 0 Å². The van der Waals surface area contributed by atoms with Crippen LogP contribution >= 0.6 is 0 Å². The zero-order valence-corrected chi connectivity index (χ0v) is 8.38. The van der Waals surface area contributed by atoms with Gasteiger partial charge in [0.05, 0.1) is 12.8 Å². The number of ether oxygens (including phenoxy) is 1. The van der Waals surface area contributed by atoms with E-state index >= 15 is 0 Å². The van der Waals surface area contributed by atoms with Crippen molar-refractivity contribution >= 4 is 6.09 Å². The molecule has 76 valence electrons. The van der Waals surface area contributed by atoms with Crippen LogP contribution in [0, 0.1) is 0 Å². The Morgan fingerprint density at radius 1 is 1.13 bits per heavy atom. The summed E-state index contributed by atoms with van der Waals surface area (Å²) in [6.45, 7) is 0. The van der Waals surface area contributed by atoms with Crippen LogP contribution in [0.25, 0.3) is 11.3 Å². The van der Waals surface area contributed by atoms with Crippen LogP contribution in [0.4, 0.5) is 4.79 Å². The van der Waals surface area contributed by atoms with Gasteiger partial charge in [0.25, 0.3) is 0 Å². The van der Waals surface area contributed by atoms with Crippen LogP contribution in [0.1, 0.15) is 0 Å². The summed E-state index contributed by atoms with van der Waals surface area (Å²) in [5.41, 5.74) is 1.83. The van der Waals surface area contributed by atoms with Gasteiger partial charge in [-0.05, 0) is 17.7 Å². The zero-order valence-electron chi connectivity index (χ0n) is 8.38. The SMILES string of the molecule is COC(=O)n1cccc1-c1ccccc1.